The van der Waals surface area contributed by atoms with Crippen LogP contribution >= 0.6 is 11.8 Å². The minimum absolute atomic E-state index is 0.0289. The first kappa shape index (κ1) is 46.3. The molecule has 7 rings (SSSR count). The summed E-state index contributed by atoms with van der Waals surface area (Å²) in [5.74, 6) is -0.823. The molecule has 3 aromatic rings. The Morgan fingerprint density at radius 2 is 1.59 bits per heavy atom. The summed E-state index contributed by atoms with van der Waals surface area (Å²) in [4.78, 5) is 98.1. The first-order valence-electron chi connectivity index (χ1n) is 22.3. The summed E-state index contributed by atoms with van der Waals surface area (Å²) in [7, 11) is 0. The Balaban J connectivity index is 0.722. The molecule has 64 heavy (non-hydrogen) atoms. The van der Waals surface area contributed by atoms with Gasteiger partial charge in [-0.1, -0.05) is 37.1 Å². The number of aromatic nitrogens is 1. The fraction of sp³-hybridized carbons (Fsp3) is 0.458. The molecule has 0 spiro atoms. The molecule has 3 fully saturated rings. The van der Waals surface area contributed by atoms with Crippen LogP contribution in [0.3, 0.4) is 0 Å². The number of nitrogens with zero attached hydrogens (tertiary/aromatic N) is 4. The summed E-state index contributed by atoms with van der Waals surface area (Å²) in [5, 5.41) is 5.16. The number of thioether (sulfide) groups is 1. The lowest BCUT2D eigenvalue weighted by Gasteiger charge is -2.33. The van der Waals surface area contributed by atoms with Gasteiger partial charge in [0.1, 0.15) is 12.6 Å². The summed E-state index contributed by atoms with van der Waals surface area (Å²) in [6.45, 7) is 4.29. The van der Waals surface area contributed by atoms with E-state index in [4.69, 9.17) is 9.47 Å². The Kier molecular flexibility index (Phi) is 16.5. The Morgan fingerprint density at radius 3 is 2.34 bits per heavy atom. The molecule has 4 aliphatic rings. The number of likely N-dealkylation sites (tertiary alicyclic amines) is 2. The highest BCUT2D eigenvalue weighted by Gasteiger charge is 2.45. The van der Waals surface area contributed by atoms with Crippen LogP contribution in [0.2, 0.25) is 0 Å². The minimum Gasteiger partial charge on any atom is -0.378 e. The summed E-state index contributed by atoms with van der Waals surface area (Å²) < 4.78 is 11.3. The van der Waals surface area contributed by atoms with Gasteiger partial charge < -0.3 is 24.6 Å². The van der Waals surface area contributed by atoms with Crippen LogP contribution in [0, 0.1) is 5.92 Å². The molecule has 0 bridgehead atoms. The Hall–Kier alpha value is -5.71. The van der Waals surface area contributed by atoms with Gasteiger partial charge in [0.2, 0.25) is 23.6 Å². The Morgan fingerprint density at radius 1 is 0.828 bits per heavy atom. The van der Waals surface area contributed by atoms with Crippen molar-refractivity contribution in [3.63, 3.8) is 0 Å². The molecule has 1 atom stereocenters. The monoisotopic (exact) mass is 892 g/mol. The van der Waals surface area contributed by atoms with Crippen LogP contribution in [0.4, 0.5) is 0 Å². The van der Waals surface area contributed by atoms with E-state index in [0.29, 0.717) is 54.3 Å². The maximum absolute atomic E-state index is 13.3. The highest BCUT2D eigenvalue weighted by atomic mass is 32.2. The minimum atomic E-state index is -1.01. The molecule has 16 heteroatoms. The number of nitrogens with one attached hydrogen (secondary N) is 2. The maximum Gasteiger partial charge on any atom is 0.263 e. The molecule has 1 unspecified atom stereocenters. The second kappa shape index (κ2) is 22.8. The zero-order valence-corrected chi connectivity index (χ0v) is 36.9. The molecule has 2 aromatic carbocycles. The number of benzene rings is 2. The van der Waals surface area contributed by atoms with Crippen molar-refractivity contribution in [1.82, 2.24) is 30.3 Å². The van der Waals surface area contributed by atoms with Crippen LogP contribution in [0.1, 0.15) is 106 Å². The number of piperidine rings is 3. The van der Waals surface area contributed by atoms with Crippen LogP contribution in [0.15, 0.2) is 78.0 Å². The Labute approximate surface area is 377 Å². The number of rotatable bonds is 19. The molecule has 4 aliphatic heterocycles. The van der Waals surface area contributed by atoms with E-state index in [2.05, 4.69) is 27.8 Å². The number of hydrogen-bond acceptors (Lipinski definition) is 11. The number of imide groups is 2. The van der Waals surface area contributed by atoms with Crippen molar-refractivity contribution in [2.75, 3.05) is 64.9 Å². The van der Waals surface area contributed by atoms with Gasteiger partial charge in [0.05, 0.1) is 30.9 Å². The molecule has 3 saturated heterocycles. The van der Waals surface area contributed by atoms with Crippen molar-refractivity contribution in [3.05, 3.63) is 101 Å². The highest BCUT2D eigenvalue weighted by Crippen LogP contribution is 2.35. The third-order valence-corrected chi connectivity index (χ3v) is 13.4. The first-order chi connectivity index (χ1) is 31.2. The van der Waals surface area contributed by atoms with Gasteiger partial charge >= 0.3 is 0 Å². The molecule has 2 N–H and O–H groups in total. The molecular weight excluding hydrogens is 837 g/mol. The van der Waals surface area contributed by atoms with Crippen LogP contribution in [-0.4, -0.2) is 132 Å². The number of pyridine rings is 1. The molecule has 0 saturated carbocycles. The fourth-order valence-corrected chi connectivity index (χ4v) is 9.67. The van der Waals surface area contributed by atoms with E-state index in [1.165, 1.54) is 23.4 Å². The predicted molar refractivity (Wildman–Crippen MR) is 239 cm³/mol. The number of amides is 7. The van der Waals surface area contributed by atoms with Gasteiger partial charge in [-0.15, -0.1) is 11.8 Å². The van der Waals surface area contributed by atoms with Crippen molar-refractivity contribution in [2.45, 2.75) is 74.6 Å². The number of carbonyl (C=O) groups excluding carboxylic acids is 7. The van der Waals surface area contributed by atoms with Crippen LogP contribution in [0.5, 0.6) is 0 Å². The van der Waals surface area contributed by atoms with E-state index in [1.807, 2.05) is 34.1 Å². The number of hydrogen-bond donors (Lipinski definition) is 2. The van der Waals surface area contributed by atoms with Gasteiger partial charge in [0, 0.05) is 73.8 Å². The second-order valence-corrected chi connectivity index (χ2v) is 17.7. The molecule has 1 aromatic heterocycles. The average Bonchev–Trinajstić information content (AvgIpc) is 3.58. The standard InChI is InChI=1S/C48H56N6O9S/c55-41(15-9-34-6-4-21-49-31-34)50-22-2-1-5-33-17-23-53(24-18-33)46(59)37-12-10-35(11-13-37)36-19-25-52(26-20-36)43(57)32-63-28-27-62-29-30-64-40-8-3-7-38-44(40)48(61)54(47(38)60)39-14-16-42(56)51-45(39)58/h3-4,6-13,15,21,31,33,36,39H,1-2,5,14,16-20,22-30,32H2,(H,50,55)(H,51,56,58)/b15-9+. The van der Waals surface area contributed by atoms with E-state index in [9.17, 15) is 33.6 Å². The molecule has 0 aliphatic carbocycles. The van der Waals surface area contributed by atoms with Gasteiger partial charge in [0.15, 0.2) is 0 Å². The van der Waals surface area contributed by atoms with E-state index in [1.54, 1.807) is 36.7 Å². The van der Waals surface area contributed by atoms with Crippen molar-refractivity contribution >= 4 is 59.2 Å². The quantitative estimate of drug-likeness (QED) is 0.0725. The largest absolute Gasteiger partial charge is 0.378 e. The Bertz CT molecular complexity index is 2190. The SMILES string of the molecule is O=C(/C=C/c1cccnc1)NCCCCC1CCN(C(=O)c2ccc(C3CCN(C(=O)COCCOCCSc4cccc5c4C(=O)N(C4CCC(=O)NC4=O)C5=O)CC3)cc2)CC1. The van der Waals surface area contributed by atoms with E-state index >= 15 is 0 Å². The third kappa shape index (κ3) is 12.1. The zero-order valence-electron chi connectivity index (χ0n) is 36.0. The lowest BCUT2D eigenvalue weighted by Crippen LogP contribution is -2.54. The lowest BCUT2D eigenvalue weighted by molar-refractivity contribution is -0.138. The first-order valence-corrected chi connectivity index (χ1v) is 23.3. The summed E-state index contributed by atoms with van der Waals surface area (Å²) in [6.07, 6.45) is 13.6. The van der Waals surface area contributed by atoms with Gasteiger partial charge in [-0.2, -0.15) is 0 Å². The van der Waals surface area contributed by atoms with E-state index < -0.39 is 29.7 Å². The van der Waals surface area contributed by atoms with Gasteiger partial charge in [0.25, 0.3) is 17.7 Å². The zero-order chi connectivity index (χ0) is 44.8. The van der Waals surface area contributed by atoms with Crippen molar-refractivity contribution in [3.8, 4) is 0 Å². The summed E-state index contributed by atoms with van der Waals surface area (Å²) in [5.41, 5.74) is 3.28. The number of carbonyl (C=O) groups is 7. The normalized spacial score (nSPS) is 18.4. The number of ether oxygens (including phenoxy) is 2. The summed E-state index contributed by atoms with van der Waals surface area (Å²) in [6, 6.07) is 15.7. The lowest BCUT2D eigenvalue weighted by atomic mass is 9.88. The van der Waals surface area contributed by atoms with Gasteiger partial charge in [-0.3, -0.25) is 48.8 Å². The van der Waals surface area contributed by atoms with Crippen LogP contribution < -0.4 is 10.6 Å². The second-order valence-electron chi connectivity index (χ2n) is 16.6. The van der Waals surface area contributed by atoms with Crippen molar-refractivity contribution < 1.29 is 43.0 Å². The molecule has 15 nitrogen and oxygen atoms in total. The molecule has 338 valence electrons. The van der Waals surface area contributed by atoms with E-state index in [0.717, 1.165) is 68.5 Å². The van der Waals surface area contributed by atoms with Crippen molar-refractivity contribution in [1.29, 1.82) is 0 Å². The van der Waals surface area contributed by atoms with Crippen LogP contribution in [0.25, 0.3) is 6.08 Å². The smallest absolute Gasteiger partial charge is 0.263 e. The van der Waals surface area contributed by atoms with E-state index in [-0.39, 0.29) is 61.5 Å². The fourth-order valence-electron chi connectivity index (χ4n) is 8.73. The summed E-state index contributed by atoms with van der Waals surface area (Å²) >= 11 is 1.37. The third-order valence-electron chi connectivity index (χ3n) is 12.3. The van der Waals surface area contributed by atoms with Crippen molar-refractivity contribution in [2.24, 2.45) is 5.92 Å². The topological polar surface area (TPSA) is 185 Å². The number of unbranched alkanes of at least 4 members (excludes halogenated alkanes) is 1. The van der Waals surface area contributed by atoms with Gasteiger partial charge in [-0.05, 0) is 97.9 Å². The maximum atomic E-state index is 13.3. The highest BCUT2D eigenvalue weighted by molar-refractivity contribution is 7.99. The molecular formula is C48H56N6O9S. The molecule has 7 amide bonds. The molecule has 5 heterocycles. The average molecular weight is 893 g/mol. The molecule has 0 radical (unpaired) electrons. The predicted octanol–water partition coefficient (Wildman–Crippen LogP) is 4.87. The van der Waals surface area contributed by atoms with Gasteiger partial charge in [-0.25, -0.2) is 0 Å². The van der Waals surface area contributed by atoms with Crippen LogP contribution in [-0.2, 0) is 28.7 Å². The number of fused-ring (bicyclic) bond motifs is 1.